The Balaban J connectivity index is 2.30. The smallest absolute Gasteiger partial charge is 0.165 e. The first-order chi connectivity index (χ1) is 6.84. The first-order valence-electron chi connectivity index (χ1n) is 4.61. The number of para-hydroxylation sites is 1. The highest BCUT2D eigenvalue weighted by atomic mass is 19.1. The van der Waals surface area contributed by atoms with Crippen molar-refractivity contribution in [1.29, 1.82) is 0 Å². The van der Waals surface area contributed by atoms with E-state index in [1.54, 1.807) is 25.1 Å². The van der Waals surface area contributed by atoms with Crippen molar-refractivity contribution >= 4 is 0 Å². The number of benzene rings is 1. The lowest BCUT2D eigenvalue weighted by Crippen LogP contribution is -1.98. The van der Waals surface area contributed by atoms with Crippen molar-refractivity contribution in [3.05, 3.63) is 30.1 Å². The van der Waals surface area contributed by atoms with Crippen LogP contribution in [0.3, 0.4) is 0 Å². The molecule has 0 unspecified atom stereocenters. The van der Waals surface area contributed by atoms with Crippen molar-refractivity contribution in [2.24, 2.45) is 0 Å². The number of hydrogen-bond donors (Lipinski definition) is 0. The summed E-state index contributed by atoms with van der Waals surface area (Å²) in [4.78, 5) is 0. The Morgan fingerprint density at radius 1 is 1.36 bits per heavy atom. The van der Waals surface area contributed by atoms with Crippen molar-refractivity contribution in [2.45, 2.75) is 19.8 Å². The summed E-state index contributed by atoms with van der Waals surface area (Å²) >= 11 is 0. The van der Waals surface area contributed by atoms with E-state index < -0.39 is 0 Å². The molecule has 2 heteroatoms. The summed E-state index contributed by atoms with van der Waals surface area (Å²) in [5.41, 5.74) is 0. The third-order valence-electron chi connectivity index (χ3n) is 1.72. The molecule has 1 aromatic carbocycles. The van der Waals surface area contributed by atoms with E-state index in [-0.39, 0.29) is 5.82 Å². The molecule has 1 aromatic rings. The molecule has 0 radical (unpaired) electrons. The van der Waals surface area contributed by atoms with Gasteiger partial charge in [0.1, 0.15) is 0 Å². The second-order valence-corrected chi connectivity index (χ2v) is 2.81. The van der Waals surface area contributed by atoms with Crippen LogP contribution in [0.25, 0.3) is 0 Å². The molecule has 0 N–H and O–H groups in total. The minimum atomic E-state index is -0.311. The van der Waals surface area contributed by atoms with Crippen LogP contribution in [0.5, 0.6) is 5.75 Å². The van der Waals surface area contributed by atoms with Crippen LogP contribution in [0.4, 0.5) is 4.39 Å². The molecule has 0 saturated heterocycles. The monoisotopic (exact) mass is 192 g/mol. The molecule has 1 nitrogen and oxygen atoms in total. The topological polar surface area (TPSA) is 9.23 Å². The van der Waals surface area contributed by atoms with Crippen LogP contribution in [-0.2, 0) is 0 Å². The normalized spacial score (nSPS) is 9.00. The predicted octanol–water partition coefficient (Wildman–Crippen LogP) is 3.01. The molecule has 0 spiro atoms. The van der Waals surface area contributed by atoms with Gasteiger partial charge < -0.3 is 4.74 Å². The predicted molar refractivity (Wildman–Crippen MR) is 54.6 cm³/mol. The number of hydrogen-bond acceptors (Lipinski definition) is 1. The van der Waals surface area contributed by atoms with E-state index in [2.05, 4.69) is 11.8 Å². The van der Waals surface area contributed by atoms with Gasteiger partial charge in [-0.2, -0.15) is 0 Å². The summed E-state index contributed by atoms with van der Waals surface area (Å²) in [7, 11) is 0. The first-order valence-corrected chi connectivity index (χ1v) is 4.61. The van der Waals surface area contributed by atoms with Gasteiger partial charge in [-0.05, 0) is 25.5 Å². The lowest BCUT2D eigenvalue weighted by atomic mass is 10.3. The summed E-state index contributed by atoms with van der Waals surface area (Å²) in [5, 5.41) is 0. The minimum Gasteiger partial charge on any atom is -0.490 e. The SMILES string of the molecule is CC#CCCCOc1ccccc1F. The zero-order valence-electron chi connectivity index (χ0n) is 8.22. The molecule has 0 amide bonds. The molecule has 0 aromatic heterocycles. The molecule has 0 aliphatic rings. The van der Waals surface area contributed by atoms with Crippen molar-refractivity contribution in [2.75, 3.05) is 6.61 Å². The van der Waals surface area contributed by atoms with Crippen LogP contribution in [0.15, 0.2) is 24.3 Å². The summed E-state index contributed by atoms with van der Waals surface area (Å²) in [6.45, 7) is 2.31. The summed E-state index contributed by atoms with van der Waals surface area (Å²) in [6, 6.07) is 6.41. The largest absolute Gasteiger partial charge is 0.490 e. The number of halogens is 1. The van der Waals surface area contributed by atoms with Crippen LogP contribution in [0.1, 0.15) is 19.8 Å². The molecule has 0 aliphatic carbocycles. The van der Waals surface area contributed by atoms with Gasteiger partial charge in [0.15, 0.2) is 11.6 Å². The summed E-state index contributed by atoms with van der Waals surface area (Å²) < 4.78 is 18.3. The molecular formula is C12H13FO. The van der Waals surface area contributed by atoms with E-state index in [9.17, 15) is 4.39 Å². The van der Waals surface area contributed by atoms with Crippen molar-refractivity contribution in [1.82, 2.24) is 0 Å². The van der Waals surface area contributed by atoms with Crippen molar-refractivity contribution < 1.29 is 9.13 Å². The van der Waals surface area contributed by atoms with Crippen LogP contribution in [0, 0.1) is 17.7 Å². The number of ether oxygens (including phenoxy) is 1. The van der Waals surface area contributed by atoms with E-state index >= 15 is 0 Å². The highest BCUT2D eigenvalue weighted by Gasteiger charge is 1.99. The second kappa shape index (κ2) is 6.04. The highest BCUT2D eigenvalue weighted by molar-refractivity contribution is 5.23. The van der Waals surface area contributed by atoms with Crippen molar-refractivity contribution in [3.8, 4) is 17.6 Å². The van der Waals surface area contributed by atoms with Crippen LogP contribution in [0.2, 0.25) is 0 Å². The Hall–Kier alpha value is -1.49. The Kier molecular flexibility index (Phi) is 4.57. The zero-order valence-corrected chi connectivity index (χ0v) is 8.22. The van der Waals surface area contributed by atoms with E-state index in [0.717, 1.165) is 12.8 Å². The van der Waals surface area contributed by atoms with Gasteiger partial charge in [0.25, 0.3) is 0 Å². The number of rotatable bonds is 4. The minimum absolute atomic E-state index is 0.311. The maximum Gasteiger partial charge on any atom is 0.165 e. The molecule has 0 aliphatic heterocycles. The molecular weight excluding hydrogens is 179 g/mol. The van der Waals surface area contributed by atoms with Gasteiger partial charge in [-0.3, -0.25) is 0 Å². The standard InChI is InChI=1S/C12H13FO/c1-2-3-4-7-10-14-12-9-6-5-8-11(12)13/h5-6,8-9H,4,7,10H2,1H3. The Bertz CT molecular complexity index is 336. The molecule has 14 heavy (non-hydrogen) atoms. The Morgan fingerprint density at radius 2 is 2.14 bits per heavy atom. The fourth-order valence-electron chi connectivity index (χ4n) is 1.03. The molecule has 74 valence electrons. The quantitative estimate of drug-likeness (QED) is 0.526. The van der Waals surface area contributed by atoms with Gasteiger partial charge in [0, 0.05) is 6.42 Å². The second-order valence-electron chi connectivity index (χ2n) is 2.81. The zero-order chi connectivity index (χ0) is 10.2. The van der Waals surface area contributed by atoms with E-state index in [4.69, 9.17) is 4.74 Å². The fraction of sp³-hybridized carbons (Fsp3) is 0.333. The Labute approximate surface area is 83.9 Å². The van der Waals surface area contributed by atoms with Gasteiger partial charge in [0.05, 0.1) is 6.61 Å². The molecule has 0 atom stereocenters. The third-order valence-corrected chi connectivity index (χ3v) is 1.72. The van der Waals surface area contributed by atoms with Gasteiger partial charge in [-0.1, -0.05) is 12.1 Å². The van der Waals surface area contributed by atoms with Gasteiger partial charge in [-0.25, -0.2) is 4.39 Å². The van der Waals surface area contributed by atoms with Crippen LogP contribution < -0.4 is 4.74 Å². The molecule has 0 fully saturated rings. The van der Waals surface area contributed by atoms with Crippen LogP contribution in [-0.4, -0.2) is 6.61 Å². The average Bonchev–Trinajstić information content (AvgIpc) is 2.20. The summed E-state index contributed by atoms with van der Waals surface area (Å²) in [6.07, 6.45) is 1.63. The molecule has 1 rings (SSSR count). The van der Waals surface area contributed by atoms with Gasteiger partial charge in [0.2, 0.25) is 0 Å². The Morgan fingerprint density at radius 3 is 2.86 bits per heavy atom. The van der Waals surface area contributed by atoms with E-state index in [0.29, 0.717) is 12.4 Å². The average molecular weight is 192 g/mol. The first kappa shape index (κ1) is 10.6. The molecule has 0 heterocycles. The lowest BCUT2D eigenvalue weighted by molar-refractivity contribution is 0.297. The van der Waals surface area contributed by atoms with E-state index in [1.807, 2.05) is 0 Å². The van der Waals surface area contributed by atoms with Crippen molar-refractivity contribution in [3.63, 3.8) is 0 Å². The summed E-state index contributed by atoms with van der Waals surface area (Å²) in [5.74, 6) is 5.73. The maximum absolute atomic E-state index is 13.0. The molecule has 0 saturated carbocycles. The third kappa shape index (κ3) is 3.49. The highest BCUT2D eigenvalue weighted by Crippen LogP contribution is 2.15. The van der Waals surface area contributed by atoms with E-state index in [1.165, 1.54) is 6.07 Å². The van der Waals surface area contributed by atoms with Gasteiger partial charge in [-0.15, -0.1) is 11.8 Å². The van der Waals surface area contributed by atoms with Gasteiger partial charge >= 0.3 is 0 Å². The lowest BCUT2D eigenvalue weighted by Gasteiger charge is -2.04. The molecule has 0 bridgehead atoms. The number of unbranched alkanes of at least 4 members (excludes halogenated alkanes) is 1. The fourth-order valence-corrected chi connectivity index (χ4v) is 1.03. The van der Waals surface area contributed by atoms with Crippen LogP contribution >= 0.6 is 0 Å². The maximum atomic E-state index is 13.0.